The molecular weight excluding hydrogens is 192 g/mol. The lowest BCUT2D eigenvalue weighted by Crippen LogP contribution is -2.47. The van der Waals surface area contributed by atoms with E-state index in [4.69, 9.17) is 0 Å². The van der Waals surface area contributed by atoms with Crippen LogP contribution in [-0.2, 0) is 0 Å². The molecule has 6 heteroatoms. The van der Waals surface area contributed by atoms with Crippen molar-refractivity contribution in [2.45, 2.75) is 0 Å². The number of likely N-dealkylation sites (N-methyl/N-ethyl adjacent to an activating group) is 2. The minimum absolute atomic E-state index is 0.524. The van der Waals surface area contributed by atoms with Crippen LogP contribution in [0.15, 0.2) is 15.5 Å². The third kappa shape index (κ3) is 4.03. The summed E-state index contributed by atoms with van der Waals surface area (Å²) in [4.78, 5) is 4.30. The highest BCUT2D eigenvalue weighted by Gasteiger charge is 2.29. The molecule has 0 aromatic rings. The summed E-state index contributed by atoms with van der Waals surface area (Å²) >= 11 is 0. The van der Waals surface area contributed by atoms with Crippen molar-refractivity contribution in [2.24, 2.45) is 15.5 Å². The van der Waals surface area contributed by atoms with E-state index in [1.807, 2.05) is 6.34 Å². The Balaban J connectivity index is 2.48. The number of hydrogen-bond donors (Lipinski definition) is 0. The van der Waals surface area contributed by atoms with E-state index in [1.165, 1.54) is 0 Å². The fraction of sp³-hybridized carbons (Fsp3) is 0.889. The van der Waals surface area contributed by atoms with E-state index in [2.05, 4.69) is 53.5 Å². The van der Waals surface area contributed by atoms with Crippen LogP contribution in [0.1, 0.15) is 0 Å². The van der Waals surface area contributed by atoms with Crippen molar-refractivity contribution in [2.75, 3.05) is 54.4 Å². The first-order valence-electron chi connectivity index (χ1n) is 5.17. The Hall–Kier alpha value is -0.850. The van der Waals surface area contributed by atoms with E-state index < -0.39 is 0 Å². The molecule has 0 unspecified atom stereocenters. The van der Waals surface area contributed by atoms with Crippen molar-refractivity contribution >= 4 is 6.34 Å². The summed E-state index contributed by atoms with van der Waals surface area (Å²) in [7, 11) is 8.25. The number of nitrogens with zero attached hydrogens (tertiary/aromatic N) is 6. The summed E-state index contributed by atoms with van der Waals surface area (Å²) in [5.74, 6) is 0. The third-order valence-electron chi connectivity index (χ3n) is 2.41. The molecule has 0 aromatic carbocycles. The number of rotatable bonds is 6. The molecule has 0 amide bonds. The maximum absolute atomic E-state index is 4.20. The molecule has 0 aliphatic carbocycles. The zero-order chi connectivity index (χ0) is 11.3. The van der Waals surface area contributed by atoms with Crippen LogP contribution in [-0.4, -0.2) is 75.1 Å². The summed E-state index contributed by atoms with van der Waals surface area (Å²) in [6, 6.07) is 0. The van der Waals surface area contributed by atoms with Gasteiger partial charge in [0.1, 0.15) is 13.1 Å². The molecule has 1 aliphatic rings. The Kier molecular flexibility index (Phi) is 4.31. The van der Waals surface area contributed by atoms with Crippen molar-refractivity contribution in [1.29, 1.82) is 0 Å². The van der Waals surface area contributed by atoms with Crippen LogP contribution in [0.3, 0.4) is 0 Å². The molecule has 0 N–H and O–H groups in total. The molecule has 0 bridgehead atoms. The first-order valence-corrected chi connectivity index (χ1v) is 5.17. The van der Waals surface area contributed by atoms with E-state index in [9.17, 15) is 0 Å². The molecule has 0 saturated heterocycles. The lowest BCUT2D eigenvalue weighted by Gasteiger charge is -2.25. The van der Waals surface area contributed by atoms with Crippen molar-refractivity contribution in [1.82, 2.24) is 9.80 Å². The minimum atomic E-state index is 0.524. The first kappa shape index (κ1) is 12.2. The lowest BCUT2D eigenvalue weighted by molar-refractivity contribution is -0.842. The van der Waals surface area contributed by atoms with Crippen LogP contribution >= 0.6 is 0 Å². The van der Waals surface area contributed by atoms with Gasteiger partial charge in [0.2, 0.25) is 6.34 Å². The highest BCUT2D eigenvalue weighted by atomic mass is 15.8. The van der Waals surface area contributed by atoms with E-state index in [0.29, 0.717) is 4.59 Å². The second-order valence-corrected chi connectivity index (χ2v) is 4.45. The van der Waals surface area contributed by atoms with E-state index in [1.54, 1.807) is 0 Å². The minimum Gasteiger partial charge on any atom is -0.304 e. The zero-order valence-electron chi connectivity index (χ0n) is 10.1. The van der Waals surface area contributed by atoms with Gasteiger partial charge in [0, 0.05) is 5.22 Å². The average molecular weight is 213 g/mol. The number of quaternary nitrogens is 1. The van der Waals surface area contributed by atoms with Crippen LogP contribution in [0.25, 0.3) is 0 Å². The SMILES string of the molecule is CN(C)CC[N+]1(CCN(C)C)C=NN=N1. The second kappa shape index (κ2) is 5.29. The van der Waals surface area contributed by atoms with Gasteiger partial charge in [0.05, 0.1) is 18.3 Å². The molecule has 1 rings (SSSR count). The molecule has 0 fully saturated rings. The summed E-state index contributed by atoms with van der Waals surface area (Å²) in [5.41, 5.74) is 0. The van der Waals surface area contributed by atoms with Crippen molar-refractivity contribution in [3.05, 3.63) is 0 Å². The standard InChI is InChI=1S/C9H21N6/c1-13(2)5-7-15(8-6-14(3)4)9-10-11-12-15/h9H,5-8H2,1-4H3/q+1. The topological polar surface area (TPSA) is 43.6 Å². The van der Waals surface area contributed by atoms with Gasteiger partial charge >= 0.3 is 0 Å². The Morgan fingerprint density at radius 1 is 1.00 bits per heavy atom. The maximum atomic E-state index is 4.20. The van der Waals surface area contributed by atoms with Gasteiger partial charge in [-0.25, -0.2) is 0 Å². The van der Waals surface area contributed by atoms with Gasteiger partial charge in [-0.1, -0.05) is 5.10 Å². The molecule has 0 aromatic heterocycles. The van der Waals surface area contributed by atoms with Crippen LogP contribution < -0.4 is 0 Å². The smallest absolute Gasteiger partial charge is 0.240 e. The van der Waals surface area contributed by atoms with Gasteiger partial charge in [-0.2, -0.15) is 0 Å². The van der Waals surface area contributed by atoms with Gasteiger partial charge in [-0.05, 0) is 28.2 Å². The van der Waals surface area contributed by atoms with E-state index in [-0.39, 0.29) is 0 Å². The fourth-order valence-electron chi connectivity index (χ4n) is 1.31. The van der Waals surface area contributed by atoms with Crippen molar-refractivity contribution < 1.29 is 4.59 Å². The van der Waals surface area contributed by atoms with Crippen molar-refractivity contribution in [3.63, 3.8) is 0 Å². The maximum Gasteiger partial charge on any atom is 0.240 e. The molecular formula is C9H21N6+. The molecule has 1 aliphatic heterocycles. The lowest BCUT2D eigenvalue weighted by atomic mass is 10.4. The van der Waals surface area contributed by atoms with Gasteiger partial charge in [-0.3, -0.25) is 0 Å². The zero-order valence-corrected chi connectivity index (χ0v) is 10.1. The van der Waals surface area contributed by atoms with Crippen LogP contribution in [0, 0.1) is 0 Å². The normalized spacial score (nSPS) is 18.3. The van der Waals surface area contributed by atoms with E-state index >= 15 is 0 Å². The highest BCUT2D eigenvalue weighted by molar-refractivity contribution is 5.46. The second-order valence-electron chi connectivity index (χ2n) is 4.45. The van der Waals surface area contributed by atoms with Crippen LogP contribution in [0.4, 0.5) is 0 Å². The predicted octanol–water partition coefficient (Wildman–Crippen LogP) is 0.251. The summed E-state index contributed by atoms with van der Waals surface area (Å²) in [6.07, 6.45) is 1.83. The Morgan fingerprint density at radius 2 is 1.53 bits per heavy atom. The Labute approximate surface area is 91.4 Å². The quantitative estimate of drug-likeness (QED) is 0.594. The molecule has 0 spiro atoms. The predicted molar refractivity (Wildman–Crippen MR) is 60.5 cm³/mol. The molecule has 15 heavy (non-hydrogen) atoms. The third-order valence-corrected chi connectivity index (χ3v) is 2.41. The largest absolute Gasteiger partial charge is 0.304 e. The monoisotopic (exact) mass is 213 g/mol. The van der Waals surface area contributed by atoms with Gasteiger partial charge in [0.25, 0.3) is 0 Å². The van der Waals surface area contributed by atoms with Gasteiger partial charge < -0.3 is 9.80 Å². The molecule has 1 heterocycles. The number of hydrogen-bond acceptors (Lipinski definition) is 5. The van der Waals surface area contributed by atoms with E-state index in [0.717, 1.165) is 26.2 Å². The molecule has 0 radical (unpaired) electrons. The average Bonchev–Trinajstić information content (AvgIpc) is 2.61. The molecule has 6 nitrogen and oxygen atoms in total. The molecule has 0 saturated carbocycles. The molecule has 86 valence electrons. The Morgan fingerprint density at radius 3 is 1.87 bits per heavy atom. The summed E-state index contributed by atoms with van der Waals surface area (Å²) in [5, 5.41) is 11.8. The highest BCUT2D eigenvalue weighted by Crippen LogP contribution is 2.11. The summed E-state index contributed by atoms with van der Waals surface area (Å²) < 4.78 is 0.524. The fourth-order valence-corrected chi connectivity index (χ4v) is 1.31. The summed E-state index contributed by atoms with van der Waals surface area (Å²) in [6.45, 7) is 3.82. The van der Waals surface area contributed by atoms with Crippen molar-refractivity contribution in [3.8, 4) is 0 Å². The van der Waals surface area contributed by atoms with Gasteiger partial charge in [-0.15, -0.1) is 4.59 Å². The Bertz CT molecular complexity index is 219. The van der Waals surface area contributed by atoms with Crippen LogP contribution in [0.2, 0.25) is 0 Å². The van der Waals surface area contributed by atoms with Gasteiger partial charge in [0.15, 0.2) is 0 Å². The first-order chi connectivity index (χ1) is 7.04. The molecule has 0 atom stereocenters. The van der Waals surface area contributed by atoms with Crippen LogP contribution in [0.5, 0.6) is 0 Å².